The van der Waals surface area contributed by atoms with Crippen LogP contribution in [-0.2, 0) is 19.1 Å². The third-order valence-corrected chi connectivity index (χ3v) is 4.41. The molecule has 1 aliphatic rings. The molecule has 2 atom stereocenters. The minimum Gasteiger partial charge on any atom is -0.466 e. The number of piperidine rings is 1. The highest BCUT2D eigenvalue weighted by Crippen LogP contribution is 2.36. The van der Waals surface area contributed by atoms with Crippen molar-refractivity contribution in [2.45, 2.75) is 32.2 Å². The Hall–Kier alpha value is -2.51. The first-order valence-electron chi connectivity index (χ1n) is 8.35. The van der Waals surface area contributed by atoms with Crippen molar-refractivity contribution in [1.29, 1.82) is 0 Å². The molecule has 1 saturated heterocycles. The first-order chi connectivity index (χ1) is 12.4. The lowest BCUT2D eigenvalue weighted by molar-refractivity contribution is -0.146. The van der Waals surface area contributed by atoms with Crippen LogP contribution in [0.15, 0.2) is 18.2 Å². The third kappa shape index (κ3) is 4.56. The van der Waals surface area contributed by atoms with Crippen molar-refractivity contribution < 1.29 is 32.6 Å². The second-order valence-electron chi connectivity index (χ2n) is 6.01. The molecule has 0 saturated carbocycles. The highest BCUT2D eigenvalue weighted by Gasteiger charge is 2.37. The molecule has 1 aromatic carbocycles. The van der Waals surface area contributed by atoms with Crippen LogP contribution in [0.5, 0.6) is 0 Å². The van der Waals surface area contributed by atoms with Crippen LogP contribution in [-0.4, -0.2) is 43.0 Å². The summed E-state index contributed by atoms with van der Waals surface area (Å²) in [5.74, 6) is -3.00. The van der Waals surface area contributed by atoms with E-state index in [0.717, 1.165) is 12.1 Å². The molecule has 8 heteroatoms. The Kier molecular flexibility index (Phi) is 6.65. The van der Waals surface area contributed by atoms with Gasteiger partial charge in [-0.25, -0.2) is 13.6 Å². The van der Waals surface area contributed by atoms with Crippen molar-refractivity contribution in [3.63, 3.8) is 0 Å². The molecule has 1 amide bonds. The molecule has 0 radical (unpaired) electrons. The number of carbonyl (C=O) groups is 3. The molecule has 1 heterocycles. The van der Waals surface area contributed by atoms with E-state index in [1.807, 2.05) is 0 Å². The highest BCUT2D eigenvalue weighted by atomic mass is 19.1. The van der Waals surface area contributed by atoms with Crippen molar-refractivity contribution in [3.8, 4) is 0 Å². The number of ether oxygens (including phenoxy) is 2. The molecule has 0 bridgehead atoms. The molecule has 0 aromatic heterocycles. The fourth-order valence-corrected chi connectivity index (χ4v) is 3.16. The number of likely N-dealkylation sites (tertiary alicyclic amines) is 1. The molecule has 1 aromatic rings. The molecular formula is C18H21F2NO5. The second kappa shape index (κ2) is 8.73. The maximum atomic E-state index is 14.2. The Morgan fingerprint density at radius 2 is 2.00 bits per heavy atom. The summed E-state index contributed by atoms with van der Waals surface area (Å²) in [5.41, 5.74) is 0.102. The summed E-state index contributed by atoms with van der Waals surface area (Å²) in [7, 11) is 1.21. The molecular weight excluding hydrogens is 348 g/mol. The summed E-state index contributed by atoms with van der Waals surface area (Å²) in [4.78, 5) is 37.2. The van der Waals surface area contributed by atoms with Crippen molar-refractivity contribution in [2.75, 3.05) is 20.3 Å². The van der Waals surface area contributed by atoms with Gasteiger partial charge >= 0.3 is 12.1 Å². The van der Waals surface area contributed by atoms with Gasteiger partial charge < -0.3 is 14.4 Å². The van der Waals surface area contributed by atoms with E-state index < -0.39 is 35.7 Å². The van der Waals surface area contributed by atoms with E-state index >= 15 is 0 Å². The summed E-state index contributed by atoms with van der Waals surface area (Å²) < 4.78 is 36.9. The molecule has 0 spiro atoms. The zero-order chi connectivity index (χ0) is 19.3. The number of rotatable bonds is 5. The Labute approximate surface area is 150 Å². The van der Waals surface area contributed by atoms with Crippen LogP contribution in [0.25, 0.3) is 0 Å². The monoisotopic (exact) mass is 369 g/mol. The van der Waals surface area contributed by atoms with E-state index in [9.17, 15) is 23.2 Å². The van der Waals surface area contributed by atoms with Crippen molar-refractivity contribution in [3.05, 3.63) is 35.4 Å². The summed E-state index contributed by atoms with van der Waals surface area (Å²) in [6.45, 7) is 1.98. The molecule has 142 valence electrons. The number of hydrogen-bond acceptors (Lipinski definition) is 5. The van der Waals surface area contributed by atoms with Crippen LogP contribution in [0.2, 0.25) is 0 Å². The number of amides is 1. The molecule has 26 heavy (non-hydrogen) atoms. The van der Waals surface area contributed by atoms with Gasteiger partial charge in [0.15, 0.2) is 0 Å². The maximum absolute atomic E-state index is 14.2. The summed E-state index contributed by atoms with van der Waals surface area (Å²) >= 11 is 0. The average Bonchev–Trinajstić information content (AvgIpc) is 2.60. The summed E-state index contributed by atoms with van der Waals surface area (Å²) in [6, 6.07) is 2.30. The molecule has 0 unspecified atom stereocenters. The average molecular weight is 369 g/mol. The standard InChI is InChI=1S/C18H21F2NO5/c1-3-26-17(23)10-16(22)11-6-7-21(18(24)25-2)15(8-11)13-5-4-12(19)9-14(13)20/h4-5,9,11,15H,3,6-8,10H2,1-2H3/t11-,15+/m1/s1. The third-order valence-electron chi connectivity index (χ3n) is 4.41. The lowest BCUT2D eigenvalue weighted by Crippen LogP contribution is -2.43. The fraction of sp³-hybridized carbons (Fsp3) is 0.500. The van der Waals surface area contributed by atoms with E-state index in [1.54, 1.807) is 6.92 Å². The Morgan fingerprint density at radius 3 is 2.62 bits per heavy atom. The largest absolute Gasteiger partial charge is 0.466 e. The van der Waals surface area contributed by atoms with Gasteiger partial charge in [0, 0.05) is 24.1 Å². The van der Waals surface area contributed by atoms with E-state index in [1.165, 1.54) is 18.1 Å². The van der Waals surface area contributed by atoms with Gasteiger partial charge in [-0.15, -0.1) is 0 Å². The van der Waals surface area contributed by atoms with Crippen molar-refractivity contribution in [2.24, 2.45) is 5.92 Å². The van der Waals surface area contributed by atoms with Crippen LogP contribution < -0.4 is 0 Å². The van der Waals surface area contributed by atoms with Crippen LogP contribution in [0.1, 0.15) is 37.8 Å². The van der Waals surface area contributed by atoms with Gasteiger partial charge in [0.2, 0.25) is 0 Å². The zero-order valence-corrected chi connectivity index (χ0v) is 14.7. The Morgan fingerprint density at radius 1 is 1.27 bits per heavy atom. The Bertz CT molecular complexity index is 694. The smallest absolute Gasteiger partial charge is 0.409 e. The number of halogens is 2. The quantitative estimate of drug-likeness (QED) is 0.589. The van der Waals surface area contributed by atoms with Gasteiger partial charge in [0.25, 0.3) is 0 Å². The van der Waals surface area contributed by atoms with Crippen LogP contribution >= 0.6 is 0 Å². The normalized spacial score (nSPS) is 19.8. The fourth-order valence-electron chi connectivity index (χ4n) is 3.16. The van der Waals surface area contributed by atoms with Crippen molar-refractivity contribution >= 4 is 17.8 Å². The number of nitrogens with zero attached hydrogens (tertiary/aromatic N) is 1. The summed E-state index contributed by atoms with van der Waals surface area (Å²) in [6.07, 6.45) is -0.576. The first kappa shape index (κ1) is 19.8. The predicted octanol–water partition coefficient (Wildman–Crippen LogP) is 3.01. The van der Waals surface area contributed by atoms with E-state index in [-0.39, 0.29) is 37.3 Å². The van der Waals surface area contributed by atoms with Gasteiger partial charge in [0.05, 0.1) is 19.8 Å². The summed E-state index contributed by atoms with van der Waals surface area (Å²) in [5, 5.41) is 0. The van der Waals surface area contributed by atoms with Gasteiger partial charge in [-0.1, -0.05) is 6.07 Å². The topological polar surface area (TPSA) is 72.9 Å². The number of Topliss-reactive ketones (excluding diaryl/α,β-unsaturated/α-hetero) is 1. The zero-order valence-electron chi connectivity index (χ0n) is 14.7. The number of carbonyl (C=O) groups excluding carboxylic acids is 3. The van der Waals surface area contributed by atoms with Crippen LogP contribution in [0.4, 0.5) is 13.6 Å². The van der Waals surface area contributed by atoms with Crippen LogP contribution in [0.3, 0.4) is 0 Å². The number of esters is 1. The lowest BCUT2D eigenvalue weighted by Gasteiger charge is -2.38. The van der Waals surface area contributed by atoms with Gasteiger partial charge in [-0.2, -0.15) is 0 Å². The molecule has 1 aliphatic heterocycles. The number of benzene rings is 1. The molecule has 0 N–H and O–H groups in total. The second-order valence-corrected chi connectivity index (χ2v) is 6.01. The Balaban J connectivity index is 2.23. The predicted molar refractivity (Wildman–Crippen MR) is 87.2 cm³/mol. The van der Waals surface area contributed by atoms with E-state index in [2.05, 4.69) is 0 Å². The van der Waals surface area contributed by atoms with E-state index in [0.29, 0.717) is 6.42 Å². The number of hydrogen-bond donors (Lipinski definition) is 0. The minimum atomic E-state index is -0.803. The SMILES string of the molecule is CCOC(=O)CC(=O)[C@@H]1CCN(C(=O)OC)[C@H](c2ccc(F)cc2F)C1. The molecule has 1 fully saturated rings. The van der Waals surface area contributed by atoms with Gasteiger partial charge in [-0.3, -0.25) is 9.59 Å². The number of ketones is 1. The number of methoxy groups -OCH3 is 1. The van der Waals surface area contributed by atoms with Gasteiger partial charge in [-0.05, 0) is 25.8 Å². The van der Waals surface area contributed by atoms with Gasteiger partial charge in [0.1, 0.15) is 23.8 Å². The van der Waals surface area contributed by atoms with E-state index in [4.69, 9.17) is 9.47 Å². The minimum absolute atomic E-state index is 0.102. The van der Waals surface area contributed by atoms with Crippen molar-refractivity contribution in [1.82, 2.24) is 4.90 Å². The molecule has 0 aliphatic carbocycles. The van der Waals surface area contributed by atoms with Crippen LogP contribution in [0, 0.1) is 17.6 Å². The molecule has 2 rings (SSSR count). The lowest BCUT2D eigenvalue weighted by atomic mass is 9.83. The highest BCUT2D eigenvalue weighted by molar-refractivity contribution is 5.97. The maximum Gasteiger partial charge on any atom is 0.409 e. The first-order valence-corrected chi connectivity index (χ1v) is 8.35. The molecule has 6 nitrogen and oxygen atoms in total.